The summed E-state index contributed by atoms with van der Waals surface area (Å²) in [7, 11) is 0. The quantitative estimate of drug-likeness (QED) is 0.843. The number of hydrogen-bond acceptors (Lipinski definition) is 3. The normalized spacial score (nSPS) is 18.3. The summed E-state index contributed by atoms with van der Waals surface area (Å²) in [6.07, 6.45) is 0. The molecule has 0 aromatic heterocycles. The van der Waals surface area contributed by atoms with Gasteiger partial charge in [-0.3, -0.25) is 4.79 Å². The second kappa shape index (κ2) is 6.21. The molecule has 0 radical (unpaired) electrons. The molecule has 1 saturated heterocycles. The Balaban J connectivity index is 2.03. The number of Topliss-reactive ketones (excluding diaryl/α,β-unsaturated/α-hetero) is 1. The van der Waals surface area contributed by atoms with Crippen LogP contribution in [0.5, 0.6) is 0 Å². The highest BCUT2D eigenvalue weighted by molar-refractivity contribution is 5.98. The van der Waals surface area contributed by atoms with Gasteiger partial charge in [0, 0.05) is 38.6 Å². The van der Waals surface area contributed by atoms with Crippen LogP contribution in [-0.2, 0) is 0 Å². The lowest BCUT2D eigenvalue weighted by atomic mass is 9.98. The molecule has 1 unspecified atom stereocenters. The first-order chi connectivity index (χ1) is 9.08. The Bertz CT molecular complexity index is 459. The smallest absolute Gasteiger partial charge is 0.169 e. The van der Waals surface area contributed by atoms with Gasteiger partial charge in [-0.05, 0) is 18.2 Å². The fraction of sp³-hybridized carbons (Fsp3) is 0.500. The van der Waals surface area contributed by atoms with Gasteiger partial charge in [0.05, 0.1) is 5.56 Å². The summed E-state index contributed by atoms with van der Waals surface area (Å²) in [5.41, 5.74) is -0.150. The lowest BCUT2D eigenvalue weighted by Crippen LogP contribution is -2.45. The van der Waals surface area contributed by atoms with E-state index >= 15 is 0 Å². The number of benzene rings is 1. The molecule has 1 aromatic rings. The predicted molar refractivity (Wildman–Crippen MR) is 69.2 cm³/mol. The lowest BCUT2D eigenvalue weighted by molar-refractivity contribution is 0.0882. The van der Waals surface area contributed by atoms with Crippen molar-refractivity contribution in [2.24, 2.45) is 5.92 Å². The third kappa shape index (κ3) is 3.58. The van der Waals surface area contributed by atoms with Gasteiger partial charge in [0.2, 0.25) is 0 Å². The van der Waals surface area contributed by atoms with E-state index in [9.17, 15) is 13.6 Å². The van der Waals surface area contributed by atoms with E-state index in [1.54, 1.807) is 6.92 Å². The lowest BCUT2D eigenvalue weighted by Gasteiger charge is -2.29. The summed E-state index contributed by atoms with van der Waals surface area (Å²) in [5.74, 6) is -1.91. The molecule has 0 amide bonds. The van der Waals surface area contributed by atoms with Gasteiger partial charge in [-0.15, -0.1) is 0 Å². The van der Waals surface area contributed by atoms with Crippen LogP contribution in [0.2, 0.25) is 0 Å². The highest BCUT2D eigenvalue weighted by atomic mass is 19.1. The van der Waals surface area contributed by atoms with Crippen LogP contribution in [0.4, 0.5) is 8.78 Å². The minimum atomic E-state index is -0.654. The zero-order chi connectivity index (χ0) is 13.8. The first-order valence-electron chi connectivity index (χ1n) is 6.50. The number of ketones is 1. The molecular weight excluding hydrogens is 250 g/mol. The van der Waals surface area contributed by atoms with Crippen molar-refractivity contribution in [3.05, 3.63) is 35.4 Å². The molecular formula is C14H18F2N2O. The van der Waals surface area contributed by atoms with Crippen LogP contribution in [0.3, 0.4) is 0 Å². The predicted octanol–water partition coefficient (Wildman–Crippen LogP) is 1.69. The van der Waals surface area contributed by atoms with Crippen LogP contribution in [-0.4, -0.2) is 43.4 Å². The molecule has 1 aromatic carbocycles. The van der Waals surface area contributed by atoms with Crippen molar-refractivity contribution in [3.63, 3.8) is 0 Å². The van der Waals surface area contributed by atoms with Crippen molar-refractivity contribution in [2.75, 3.05) is 32.7 Å². The zero-order valence-corrected chi connectivity index (χ0v) is 11.0. The first-order valence-corrected chi connectivity index (χ1v) is 6.50. The Morgan fingerprint density at radius 3 is 2.74 bits per heavy atom. The molecule has 1 heterocycles. The van der Waals surface area contributed by atoms with E-state index in [-0.39, 0.29) is 17.3 Å². The van der Waals surface area contributed by atoms with Gasteiger partial charge in [-0.25, -0.2) is 8.78 Å². The summed E-state index contributed by atoms with van der Waals surface area (Å²) in [4.78, 5) is 14.3. The van der Waals surface area contributed by atoms with E-state index in [2.05, 4.69) is 10.2 Å². The molecule has 1 aliphatic rings. The van der Waals surface area contributed by atoms with E-state index in [4.69, 9.17) is 0 Å². The fourth-order valence-electron chi connectivity index (χ4n) is 2.32. The van der Waals surface area contributed by atoms with Crippen LogP contribution in [0.1, 0.15) is 17.3 Å². The molecule has 0 bridgehead atoms. The third-order valence-electron chi connectivity index (χ3n) is 3.38. The molecule has 5 heteroatoms. The molecule has 3 nitrogen and oxygen atoms in total. The number of nitrogens with one attached hydrogen (secondary N) is 1. The van der Waals surface area contributed by atoms with E-state index in [0.29, 0.717) is 6.54 Å². The molecule has 0 spiro atoms. The summed E-state index contributed by atoms with van der Waals surface area (Å²) in [5, 5.41) is 3.23. The van der Waals surface area contributed by atoms with E-state index in [1.807, 2.05) is 0 Å². The molecule has 104 valence electrons. The summed E-state index contributed by atoms with van der Waals surface area (Å²) < 4.78 is 26.6. The Kier molecular flexibility index (Phi) is 4.61. The molecule has 19 heavy (non-hydrogen) atoms. The Morgan fingerprint density at radius 2 is 2.05 bits per heavy atom. The number of rotatable bonds is 4. The Morgan fingerprint density at radius 1 is 1.37 bits per heavy atom. The van der Waals surface area contributed by atoms with Crippen molar-refractivity contribution in [3.8, 4) is 0 Å². The van der Waals surface area contributed by atoms with Gasteiger partial charge in [-0.1, -0.05) is 6.92 Å². The fourth-order valence-corrected chi connectivity index (χ4v) is 2.32. The van der Waals surface area contributed by atoms with Gasteiger partial charge >= 0.3 is 0 Å². The second-order valence-corrected chi connectivity index (χ2v) is 4.94. The van der Waals surface area contributed by atoms with Crippen LogP contribution in [0.15, 0.2) is 18.2 Å². The molecule has 1 atom stereocenters. The van der Waals surface area contributed by atoms with Gasteiger partial charge in [0.25, 0.3) is 0 Å². The first kappa shape index (κ1) is 14.1. The number of piperazine rings is 1. The Labute approximate surface area is 111 Å². The van der Waals surface area contributed by atoms with Gasteiger partial charge in [0.1, 0.15) is 11.6 Å². The molecule has 0 aliphatic carbocycles. The Hall–Kier alpha value is -1.33. The standard InChI is InChI=1S/C14H18F2N2O/c1-10(9-18-6-4-17-5-7-18)14(19)12-8-11(15)2-3-13(12)16/h2-3,8,10,17H,4-7,9H2,1H3. The average Bonchev–Trinajstić information content (AvgIpc) is 2.42. The summed E-state index contributed by atoms with van der Waals surface area (Å²) in [6.45, 7) is 5.89. The second-order valence-electron chi connectivity index (χ2n) is 4.94. The maximum Gasteiger partial charge on any atom is 0.169 e. The van der Waals surface area contributed by atoms with Gasteiger partial charge < -0.3 is 10.2 Å². The van der Waals surface area contributed by atoms with Crippen LogP contribution in [0.25, 0.3) is 0 Å². The molecule has 1 N–H and O–H groups in total. The summed E-state index contributed by atoms with van der Waals surface area (Å²) in [6, 6.07) is 3.00. The maximum absolute atomic E-state index is 13.5. The van der Waals surface area contributed by atoms with Crippen LogP contribution >= 0.6 is 0 Å². The summed E-state index contributed by atoms with van der Waals surface area (Å²) >= 11 is 0. The van der Waals surface area contributed by atoms with Crippen molar-refractivity contribution < 1.29 is 13.6 Å². The average molecular weight is 268 g/mol. The maximum atomic E-state index is 13.5. The highest BCUT2D eigenvalue weighted by Crippen LogP contribution is 2.16. The van der Waals surface area contributed by atoms with Gasteiger partial charge in [-0.2, -0.15) is 0 Å². The van der Waals surface area contributed by atoms with Crippen LogP contribution in [0, 0.1) is 17.6 Å². The number of halogens is 2. The van der Waals surface area contributed by atoms with E-state index in [0.717, 1.165) is 44.4 Å². The molecule has 2 rings (SSSR count). The van der Waals surface area contributed by atoms with Crippen molar-refractivity contribution in [1.29, 1.82) is 0 Å². The van der Waals surface area contributed by atoms with Crippen molar-refractivity contribution in [1.82, 2.24) is 10.2 Å². The van der Waals surface area contributed by atoms with E-state index in [1.165, 1.54) is 0 Å². The topological polar surface area (TPSA) is 32.3 Å². The SMILES string of the molecule is CC(CN1CCNCC1)C(=O)c1cc(F)ccc1F. The van der Waals surface area contributed by atoms with Crippen molar-refractivity contribution >= 4 is 5.78 Å². The van der Waals surface area contributed by atoms with Gasteiger partial charge in [0.15, 0.2) is 5.78 Å². The highest BCUT2D eigenvalue weighted by Gasteiger charge is 2.22. The minimum absolute atomic E-state index is 0.150. The number of nitrogens with zero attached hydrogens (tertiary/aromatic N) is 1. The number of carbonyl (C=O) groups excluding carboxylic acids is 1. The largest absolute Gasteiger partial charge is 0.314 e. The number of carbonyl (C=O) groups is 1. The number of hydrogen-bond donors (Lipinski definition) is 1. The van der Waals surface area contributed by atoms with Crippen LogP contribution < -0.4 is 5.32 Å². The molecule has 1 fully saturated rings. The van der Waals surface area contributed by atoms with Crippen molar-refractivity contribution in [2.45, 2.75) is 6.92 Å². The molecule has 1 aliphatic heterocycles. The van der Waals surface area contributed by atoms with E-state index < -0.39 is 11.6 Å². The minimum Gasteiger partial charge on any atom is -0.314 e. The third-order valence-corrected chi connectivity index (χ3v) is 3.38. The zero-order valence-electron chi connectivity index (χ0n) is 11.0. The monoisotopic (exact) mass is 268 g/mol. The molecule has 0 saturated carbocycles.